The monoisotopic (exact) mass is 150 g/mol. The molecule has 0 aliphatic carbocycles. The van der Waals surface area contributed by atoms with Crippen LogP contribution in [0.5, 0.6) is 0 Å². The average Bonchev–Trinajstić information content (AvgIpc) is 1.31. The number of hydrogen-bond acceptors (Lipinski definition) is 1. The van der Waals surface area contributed by atoms with Crippen LogP contribution < -0.4 is 0 Å². The third-order valence-electron chi connectivity index (χ3n) is 0.263. The van der Waals surface area contributed by atoms with E-state index in [2.05, 4.69) is 24.2 Å². The Bertz CT molecular complexity index is 58.4. The van der Waals surface area contributed by atoms with Gasteiger partial charge in [-0.25, -0.2) is 13.2 Å². The summed E-state index contributed by atoms with van der Waals surface area (Å²) in [6.45, 7) is 0. The third-order valence-corrected chi connectivity index (χ3v) is 0.623. The predicted octanol–water partition coefficient (Wildman–Crippen LogP) is 2.04. The minimum atomic E-state index is -3.24. The van der Waals surface area contributed by atoms with Gasteiger partial charge in [0.25, 0.3) is 10.9 Å². The van der Waals surface area contributed by atoms with Crippen LogP contribution in [0.15, 0.2) is 0 Å². The summed E-state index contributed by atoms with van der Waals surface area (Å²) in [5, 5.41) is 0. The first-order valence-corrected chi connectivity index (χ1v) is 2.15. The van der Waals surface area contributed by atoms with E-state index < -0.39 is 10.9 Å². The molecule has 1 atom stereocenters. The zero-order chi connectivity index (χ0) is 6.08. The van der Waals surface area contributed by atoms with Gasteiger partial charge in [0, 0.05) is 0 Å². The van der Waals surface area contributed by atoms with Crippen molar-refractivity contribution in [2.75, 3.05) is 0 Å². The summed E-state index contributed by atoms with van der Waals surface area (Å²) >= 11 is 7.01. The summed E-state index contributed by atoms with van der Waals surface area (Å²) in [6, 6.07) is 0. The van der Waals surface area contributed by atoms with Crippen LogP contribution in [0.1, 0.15) is 0 Å². The number of thiol groups is 1. The number of rotatable bonds is 1. The van der Waals surface area contributed by atoms with Crippen molar-refractivity contribution in [2.24, 2.45) is 0 Å². The molecule has 0 aromatic carbocycles. The Labute approximate surface area is 49.1 Å². The van der Waals surface area contributed by atoms with Gasteiger partial charge in [0.15, 0.2) is 0 Å². The molecule has 0 aromatic rings. The lowest BCUT2D eigenvalue weighted by molar-refractivity contribution is 0.0749. The Hall–Kier alpha value is 0.430. The molecule has 0 aliphatic heterocycles. The van der Waals surface area contributed by atoms with Crippen molar-refractivity contribution in [2.45, 2.75) is 10.9 Å². The van der Waals surface area contributed by atoms with Crippen LogP contribution in [-0.2, 0) is 0 Å². The molecule has 44 valence electrons. The largest absolute Gasteiger partial charge is 0.295 e. The Morgan fingerprint density at radius 2 is 1.71 bits per heavy atom. The second kappa shape index (κ2) is 2.13. The molecule has 0 nitrogen and oxygen atoms in total. The molecular weight excluding hydrogens is 149 g/mol. The SMILES string of the molecule is FC(F)C(F)(S)Cl. The normalized spacial score (nSPS) is 19.7. The van der Waals surface area contributed by atoms with E-state index in [1.165, 1.54) is 0 Å². The van der Waals surface area contributed by atoms with E-state index in [0.29, 0.717) is 0 Å². The number of halogens is 4. The zero-order valence-electron chi connectivity index (χ0n) is 3.04. The van der Waals surface area contributed by atoms with Gasteiger partial charge in [-0.2, -0.15) is 0 Å². The molecule has 0 saturated heterocycles. The van der Waals surface area contributed by atoms with E-state index in [1.807, 2.05) is 0 Å². The highest BCUT2D eigenvalue weighted by Gasteiger charge is 2.32. The van der Waals surface area contributed by atoms with E-state index >= 15 is 0 Å². The molecule has 1 unspecified atom stereocenters. The van der Waals surface area contributed by atoms with E-state index in [1.54, 1.807) is 0 Å². The summed E-state index contributed by atoms with van der Waals surface area (Å²) in [6.07, 6.45) is -3.24. The van der Waals surface area contributed by atoms with Gasteiger partial charge in [-0.3, -0.25) is 0 Å². The maximum Gasteiger partial charge on any atom is 0.295 e. The van der Waals surface area contributed by atoms with Crippen molar-refractivity contribution in [3.05, 3.63) is 0 Å². The Morgan fingerprint density at radius 3 is 1.71 bits per heavy atom. The van der Waals surface area contributed by atoms with Gasteiger partial charge >= 0.3 is 0 Å². The minimum absolute atomic E-state index is 2.70. The quantitative estimate of drug-likeness (QED) is 0.429. The lowest BCUT2D eigenvalue weighted by Gasteiger charge is -2.06. The van der Waals surface area contributed by atoms with Crippen LogP contribution in [0.3, 0.4) is 0 Å². The van der Waals surface area contributed by atoms with Crippen molar-refractivity contribution in [3.8, 4) is 0 Å². The second-order valence-electron chi connectivity index (χ2n) is 0.888. The number of hydrogen-bond donors (Lipinski definition) is 1. The topological polar surface area (TPSA) is 0 Å². The molecule has 0 heterocycles. The van der Waals surface area contributed by atoms with Gasteiger partial charge in [-0.1, -0.05) is 11.6 Å². The molecule has 0 N–H and O–H groups in total. The van der Waals surface area contributed by atoms with Crippen molar-refractivity contribution < 1.29 is 13.2 Å². The van der Waals surface area contributed by atoms with Crippen molar-refractivity contribution >= 4 is 24.2 Å². The lowest BCUT2D eigenvalue weighted by atomic mass is 10.8. The molecular formula is C2H2ClF3S. The maximum atomic E-state index is 11.4. The van der Waals surface area contributed by atoms with Crippen LogP contribution in [0.2, 0.25) is 0 Å². The molecule has 0 spiro atoms. The van der Waals surface area contributed by atoms with Gasteiger partial charge in [0.05, 0.1) is 0 Å². The first-order chi connectivity index (χ1) is 2.94. The highest BCUT2D eigenvalue weighted by molar-refractivity contribution is 7.83. The molecule has 0 rings (SSSR count). The summed E-state index contributed by atoms with van der Waals surface area (Å²) in [7, 11) is 0. The molecule has 0 radical (unpaired) electrons. The molecule has 5 heteroatoms. The van der Waals surface area contributed by atoms with Gasteiger partial charge in [0.1, 0.15) is 0 Å². The van der Waals surface area contributed by atoms with Crippen molar-refractivity contribution in [1.29, 1.82) is 0 Å². The Balaban J connectivity index is 3.54. The fourth-order valence-corrected chi connectivity index (χ4v) is 0. The molecule has 0 aromatic heterocycles. The standard InChI is InChI=1S/C2H2ClF3S/c3-2(6,7)1(4)5/h1,7H. The summed E-state index contributed by atoms with van der Waals surface area (Å²) in [4.78, 5) is 0. The third kappa shape index (κ3) is 3.05. The zero-order valence-corrected chi connectivity index (χ0v) is 4.69. The maximum absolute atomic E-state index is 11.4. The summed E-state index contributed by atoms with van der Waals surface area (Å²) in [5.74, 6) is 0. The Kier molecular flexibility index (Phi) is 2.26. The molecule has 0 fully saturated rings. The smallest absolute Gasteiger partial charge is 0.208 e. The van der Waals surface area contributed by atoms with Crippen LogP contribution in [0.25, 0.3) is 0 Å². The van der Waals surface area contributed by atoms with Crippen molar-refractivity contribution in [1.82, 2.24) is 0 Å². The van der Waals surface area contributed by atoms with Crippen LogP contribution >= 0.6 is 24.2 Å². The predicted molar refractivity (Wildman–Crippen MR) is 24.7 cm³/mol. The van der Waals surface area contributed by atoms with E-state index in [-0.39, 0.29) is 0 Å². The van der Waals surface area contributed by atoms with Gasteiger partial charge in [0.2, 0.25) is 0 Å². The highest BCUT2D eigenvalue weighted by Crippen LogP contribution is 2.28. The van der Waals surface area contributed by atoms with Crippen LogP contribution in [0, 0.1) is 0 Å². The molecule has 7 heavy (non-hydrogen) atoms. The average molecular weight is 151 g/mol. The van der Waals surface area contributed by atoms with E-state index in [9.17, 15) is 13.2 Å². The van der Waals surface area contributed by atoms with Gasteiger partial charge in [-0.05, 0) is 0 Å². The van der Waals surface area contributed by atoms with Gasteiger partial charge < -0.3 is 0 Å². The molecule has 0 aliphatic rings. The summed E-state index contributed by atoms with van der Waals surface area (Å²) in [5.41, 5.74) is 0. The fourth-order valence-electron chi connectivity index (χ4n) is 0. The molecule has 0 amide bonds. The second-order valence-corrected chi connectivity index (χ2v) is 2.35. The molecule has 0 bridgehead atoms. The Morgan fingerprint density at radius 1 is 1.57 bits per heavy atom. The first-order valence-electron chi connectivity index (χ1n) is 1.33. The number of alkyl halides is 4. The van der Waals surface area contributed by atoms with Crippen molar-refractivity contribution in [3.63, 3.8) is 0 Å². The van der Waals surface area contributed by atoms with Crippen LogP contribution in [0.4, 0.5) is 13.2 Å². The summed E-state index contributed by atoms with van der Waals surface area (Å²) < 4.78 is 30.1. The minimum Gasteiger partial charge on any atom is -0.208 e. The fraction of sp³-hybridized carbons (Fsp3) is 1.00. The lowest BCUT2D eigenvalue weighted by Crippen LogP contribution is -2.15. The van der Waals surface area contributed by atoms with Crippen LogP contribution in [-0.4, -0.2) is 10.9 Å². The first kappa shape index (κ1) is 7.43. The highest BCUT2D eigenvalue weighted by atomic mass is 35.5. The molecule has 0 saturated carbocycles. The van der Waals surface area contributed by atoms with E-state index in [4.69, 9.17) is 0 Å². The van der Waals surface area contributed by atoms with E-state index in [0.717, 1.165) is 0 Å². The van der Waals surface area contributed by atoms with Gasteiger partial charge in [-0.15, -0.1) is 12.6 Å².